The van der Waals surface area contributed by atoms with E-state index in [1.54, 1.807) is 30.3 Å². The fourth-order valence-corrected chi connectivity index (χ4v) is 5.48. The zero-order chi connectivity index (χ0) is 34.3. The average molecular weight is 668 g/mol. The van der Waals surface area contributed by atoms with Gasteiger partial charge < -0.3 is 10.2 Å². The van der Waals surface area contributed by atoms with E-state index in [9.17, 15) is 30.9 Å². The molecule has 5 rings (SSSR count). The van der Waals surface area contributed by atoms with Gasteiger partial charge in [-0.3, -0.25) is 9.35 Å². The molecule has 4 aromatic rings. The van der Waals surface area contributed by atoms with E-state index in [2.05, 4.69) is 25.5 Å². The summed E-state index contributed by atoms with van der Waals surface area (Å²) in [5.41, 5.74) is 0.247. The van der Waals surface area contributed by atoms with Crippen LogP contribution in [0, 0.1) is 5.41 Å². The lowest BCUT2D eigenvalue weighted by Gasteiger charge is -2.23. The largest absolute Gasteiger partial charge is 0.418 e. The normalized spacial score (nSPS) is 14.2. The lowest BCUT2D eigenvalue weighted by molar-refractivity contribution is -0.137. The van der Waals surface area contributed by atoms with Crippen LogP contribution >= 0.6 is 0 Å². The maximum atomic E-state index is 14.3. The van der Waals surface area contributed by atoms with Crippen molar-refractivity contribution in [2.24, 2.45) is 15.5 Å². The second kappa shape index (κ2) is 12.4. The number of aliphatic imine (C=N–C) groups is 1. The van der Waals surface area contributed by atoms with E-state index in [1.807, 2.05) is 39.5 Å². The Balaban J connectivity index is 1.47. The molecule has 1 aliphatic rings. The van der Waals surface area contributed by atoms with Crippen molar-refractivity contribution in [3.63, 3.8) is 0 Å². The number of nitrogens with one attached hydrogen (secondary N) is 1. The Morgan fingerprint density at radius 3 is 2.28 bits per heavy atom. The van der Waals surface area contributed by atoms with E-state index < -0.39 is 38.1 Å². The Morgan fingerprint density at radius 2 is 1.68 bits per heavy atom. The highest BCUT2D eigenvalue weighted by molar-refractivity contribution is 7.85. The predicted octanol–water partition coefficient (Wildman–Crippen LogP) is 6.69. The third-order valence-electron chi connectivity index (χ3n) is 7.37. The Labute approximate surface area is 269 Å². The zero-order valence-corrected chi connectivity index (χ0v) is 27.0. The highest BCUT2D eigenvalue weighted by Gasteiger charge is 2.38. The minimum absolute atomic E-state index is 0.0205. The molecule has 1 aliphatic heterocycles. The zero-order valence-electron chi connectivity index (χ0n) is 26.2. The molecule has 0 spiro atoms. The SMILES string of the molecule is CCN(CC)c1ccc(N=C2C(C(C)(C)C)=Nn3nc(-c4ccc(NC(=O)c5cccc(S(=O)(=O)O)c5)cc4)nc32)c(C(F)(F)F)c1. The molecule has 246 valence electrons. The first-order valence-corrected chi connectivity index (χ1v) is 16.0. The average Bonchev–Trinajstić information content (AvgIpc) is 3.57. The number of benzene rings is 3. The van der Waals surface area contributed by atoms with Crippen molar-refractivity contribution in [1.29, 1.82) is 0 Å². The summed E-state index contributed by atoms with van der Waals surface area (Å²) in [6.45, 7) is 10.5. The Bertz CT molecular complexity index is 2010. The lowest BCUT2D eigenvalue weighted by Crippen LogP contribution is -2.27. The third-order valence-corrected chi connectivity index (χ3v) is 8.22. The topological polar surface area (TPSA) is 142 Å². The quantitative estimate of drug-likeness (QED) is 0.199. The van der Waals surface area contributed by atoms with Crippen LogP contribution < -0.4 is 10.2 Å². The fourth-order valence-electron chi connectivity index (χ4n) is 4.96. The standard InChI is InChI=1S/C32H32F3N7O4S/c1-6-41(7-2)22-15-16-25(24(18-22)32(33,34)35)37-26-27(31(3,4)5)39-42-29(26)38-28(40-42)19-11-13-21(14-12-19)36-30(43)20-9-8-10-23(17-20)47(44,45)46/h8-18H,6-7H2,1-5H3,(H,36,43)(H,44,45,46). The van der Waals surface area contributed by atoms with Gasteiger partial charge in [0.05, 0.1) is 21.9 Å². The highest BCUT2D eigenvalue weighted by Crippen LogP contribution is 2.40. The van der Waals surface area contributed by atoms with Crippen molar-refractivity contribution in [2.75, 3.05) is 23.3 Å². The molecule has 3 aromatic carbocycles. The molecule has 0 aliphatic carbocycles. The summed E-state index contributed by atoms with van der Waals surface area (Å²) in [4.78, 5) is 24.4. The van der Waals surface area contributed by atoms with Gasteiger partial charge >= 0.3 is 6.18 Å². The Hall–Kier alpha value is -4.89. The van der Waals surface area contributed by atoms with Crippen molar-refractivity contribution in [3.05, 3.63) is 83.7 Å². The predicted molar refractivity (Wildman–Crippen MR) is 173 cm³/mol. The second-order valence-electron chi connectivity index (χ2n) is 11.7. The van der Waals surface area contributed by atoms with Crippen molar-refractivity contribution in [3.8, 4) is 11.4 Å². The first kappa shape index (κ1) is 33.5. The monoisotopic (exact) mass is 667 g/mol. The van der Waals surface area contributed by atoms with Crippen LogP contribution in [0.2, 0.25) is 0 Å². The first-order valence-electron chi connectivity index (χ1n) is 14.6. The second-order valence-corrected chi connectivity index (χ2v) is 13.1. The number of rotatable bonds is 8. The number of halogens is 3. The van der Waals surface area contributed by atoms with Crippen molar-refractivity contribution in [2.45, 2.75) is 45.7 Å². The van der Waals surface area contributed by atoms with Gasteiger partial charge in [-0.05, 0) is 74.5 Å². The number of carbonyl (C=O) groups excluding carboxylic acids is 1. The summed E-state index contributed by atoms with van der Waals surface area (Å²) in [5, 5.41) is 11.7. The van der Waals surface area contributed by atoms with Crippen molar-refractivity contribution < 1.29 is 30.9 Å². The summed E-state index contributed by atoms with van der Waals surface area (Å²) in [6, 6.07) is 15.5. The molecule has 0 saturated carbocycles. The van der Waals surface area contributed by atoms with Gasteiger partial charge in [0.15, 0.2) is 5.82 Å². The number of amides is 1. The molecule has 0 radical (unpaired) electrons. The van der Waals surface area contributed by atoms with E-state index in [0.29, 0.717) is 35.7 Å². The molecular weight excluding hydrogens is 635 g/mol. The van der Waals surface area contributed by atoms with Crippen LogP contribution in [-0.4, -0.2) is 58.3 Å². The number of hydrogen-bond acceptors (Lipinski definition) is 8. The summed E-state index contributed by atoms with van der Waals surface area (Å²) < 4.78 is 75.0. The molecular formula is C32H32F3N7O4S. The minimum Gasteiger partial charge on any atom is -0.372 e. The van der Waals surface area contributed by atoms with Crippen LogP contribution in [0.4, 0.5) is 30.2 Å². The van der Waals surface area contributed by atoms with Crippen molar-refractivity contribution in [1.82, 2.24) is 14.9 Å². The molecule has 0 fully saturated rings. The molecule has 1 aromatic heterocycles. The lowest BCUT2D eigenvalue weighted by atomic mass is 9.87. The van der Waals surface area contributed by atoms with Crippen LogP contribution in [0.1, 0.15) is 56.4 Å². The van der Waals surface area contributed by atoms with Gasteiger partial charge in [-0.15, -0.1) is 9.89 Å². The number of alkyl halides is 3. The molecule has 1 amide bonds. The van der Waals surface area contributed by atoms with E-state index in [4.69, 9.17) is 0 Å². The highest BCUT2D eigenvalue weighted by atomic mass is 32.2. The molecule has 47 heavy (non-hydrogen) atoms. The van der Waals surface area contributed by atoms with E-state index in [0.717, 1.165) is 12.1 Å². The molecule has 0 bridgehead atoms. The molecule has 15 heteroatoms. The number of fused-ring (bicyclic) bond motifs is 1. The smallest absolute Gasteiger partial charge is 0.372 e. The van der Waals surface area contributed by atoms with Crippen LogP contribution in [0.15, 0.2) is 81.7 Å². The van der Waals surface area contributed by atoms with Gasteiger partial charge in [-0.25, -0.2) is 9.98 Å². The van der Waals surface area contributed by atoms with Crippen LogP contribution in [0.3, 0.4) is 0 Å². The summed E-state index contributed by atoms with van der Waals surface area (Å²) >= 11 is 0. The number of anilines is 2. The molecule has 0 atom stereocenters. The molecule has 2 heterocycles. The molecule has 0 unspecified atom stereocenters. The van der Waals surface area contributed by atoms with Crippen LogP contribution in [0.25, 0.3) is 11.4 Å². The minimum atomic E-state index is -4.66. The number of carbonyl (C=O) groups is 1. The molecule has 11 nitrogen and oxygen atoms in total. The van der Waals surface area contributed by atoms with E-state index in [-0.39, 0.29) is 28.6 Å². The maximum Gasteiger partial charge on any atom is 0.418 e. The number of nitrogens with zero attached hydrogens (tertiary/aromatic N) is 6. The fraction of sp³-hybridized carbons (Fsp3) is 0.281. The van der Waals surface area contributed by atoms with Crippen LogP contribution in [-0.2, 0) is 16.3 Å². The van der Waals surface area contributed by atoms with Gasteiger partial charge in [0.25, 0.3) is 16.0 Å². The first-order chi connectivity index (χ1) is 22.0. The molecule has 2 N–H and O–H groups in total. The van der Waals surface area contributed by atoms with Gasteiger partial charge in [-0.1, -0.05) is 26.8 Å². The van der Waals surface area contributed by atoms with Crippen LogP contribution in [0.5, 0.6) is 0 Å². The van der Waals surface area contributed by atoms with Crippen molar-refractivity contribution >= 4 is 44.5 Å². The Morgan fingerprint density at radius 1 is 1.00 bits per heavy atom. The van der Waals surface area contributed by atoms with Gasteiger partial charge in [0.2, 0.25) is 5.82 Å². The van der Waals surface area contributed by atoms with Gasteiger partial charge in [-0.2, -0.15) is 26.7 Å². The maximum absolute atomic E-state index is 14.3. The third kappa shape index (κ3) is 7.10. The van der Waals surface area contributed by atoms with Gasteiger partial charge in [0.1, 0.15) is 5.71 Å². The van der Waals surface area contributed by atoms with Gasteiger partial charge in [0, 0.05) is 41.0 Å². The summed E-state index contributed by atoms with van der Waals surface area (Å²) in [7, 11) is -4.48. The van der Waals surface area contributed by atoms with E-state index in [1.165, 1.54) is 29.1 Å². The summed E-state index contributed by atoms with van der Waals surface area (Å²) in [5.74, 6) is -0.186. The Kier molecular flexibility index (Phi) is 8.81. The number of aromatic nitrogens is 3. The van der Waals surface area contributed by atoms with E-state index >= 15 is 0 Å². The summed E-state index contributed by atoms with van der Waals surface area (Å²) in [6.07, 6.45) is -4.66. The molecule has 0 saturated heterocycles. The number of hydrogen-bond donors (Lipinski definition) is 2.